The first kappa shape index (κ1) is 16.9. The van der Waals surface area contributed by atoms with Crippen LogP contribution in [-0.2, 0) is 24.7 Å². The zero-order chi connectivity index (χ0) is 18.5. The highest BCUT2D eigenvalue weighted by Crippen LogP contribution is 2.48. The highest BCUT2D eigenvalue weighted by molar-refractivity contribution is 7.10. The summed E-state index contributed by atoms with van der Waals surface area (Å²) < 4.78 is 5.14. The molecule has 0 aliphatic carbocycles. The van der Waals surface area contributed by atoms with Crippen molar-refractivity contribution in [2.75, 3.05) is 14.2 Å². The van der Waals surface area contributed by atoms with Gasteiger partial charge in [0.1, 0.15) is 17.9 Å². The van der Waals surface area contributed by atoms with E-state index >= 15 is 0 Å². The third-order valence-corrected chi connectivity index (χ3v) is 6.51. The number of rotatable bonds is 3. The maximum absolute atomic E-state index is 13.0. The van der Waals surface area contributed by atoms with Crippen LogP contribution in [0.4, 0.5) is 0 Å². The van der Waals surface area contributed by atoms with E-state index in [-0.39, 0.29) is 17.9 Å². The predicted octanol–water partition coefficient (Wildman–Crippen LogP) is 0.666. The molecule has 134 valence electrons. The molecule has 4 rings (SSSR count). The molecule has 2 aliphatic rings. The van der Waals surface area contributed by atoms with Crippen LogP contribution in [0.1, 0.15) is 16.5 Å². The van der Waals surface area contributed by atoms with Crippen molar-refractivity contribution in [3.63, 3.8) is 0 Å². The van der Waals surface area contributed by atoms with Gasteiger partial charge in [0.25, 0.3) is 0 Å². The number of esters is 1. The average molecular weight is 371 g/mol. The van der Waals surface area contributed by atoms with E-state index in [9.17, 15) is 14.4 Å². The third-order valence-electron chi connectivity index (χ3n) is 5.54. The van der Waals surface area contributed by atoms with Crippen molar-refractivity contribution in [3.8, 4) is 0 Å². The van der Waals surface area contributed by atoms with E-state index in [1.165, 1.54) is 25.5 Å². The van der Waals surface area contributed by atoms with Gasteiger partial charge in [-0.2, -0.15) is 0 Å². The zero-order valence-electron chi connectivity index (χ0n) is 14.4. The Morgan fingerprint density at radius 1 is 1.15 bits per heavy atom. The maximum Gasteiger partial charge on any atom is 0.373 e. The SMILES string of the molecule is COC(=O)[C@]1(c2ccccc2)[NH2+][C@@H](c2cccs2)[C@@H]2C(=O)N(C)C(=O)[C@H]21. The molecule has 1 aromatic heterocycles. The number of quaternary nitrogens is 1. The number of thiophene rings is 1. The predicted molar refractivity (Wildman–Crippen MR) is 93.9 cm³/mol. The van der Waals surface area contributed by atoms with Crippen molar-refractivity contribution in [2.24, 2.45) is 11.8 Å². The Labute approximate surface area is 154 Å². The number of carbonyl (C=O) groups is 3. The minimum atomic E-state index is -1.27. The number of ether oxygens (including phenoxy) is 1. The van der Waals surface area contributed by atoms with Gasteiger partial charge in [0, 0.05) is 12.6 Å². The Balaban J connectivity index is 1.95. The summed E-state index contributed by atoms with van der Waals surface area (Å²) in [6, 6.07) is 12.7. The number of nitrogens with two attached hydrogens (primary N) is 1. The normalized spacial score (nSPS) is 30.5. The summed E-state index contributed by atoms with van der Waals surface area (Å²) in [6.07, 6.45) is 0. The Morgan fingerprint density at radius 2 is 1.88 bits per heavy atom. The zero-order valence-corrected chi connectivity index (χ0v) is 15.2. The minimum Gasteiger partial charge on any atom is -0.464 e. The molecule has 26 heavy (non-hydrogen) atoms. The molecule has 1 aromatic carbocycles. The molecular weight excluding hydrogens is 352 g/mol. The van der Waals surface area contributed by atoms with Crippen LogP contribution < -0.4 is 5.32 Å². The van der Waals surface area contributed by atoms with Gasteiger partial charge < -0.3 is 10.1 Å². The number of likely N-dealkylation sites (tertiary alicyclic amines) is 1. The van der Waals surface area contributed by atoms with E-state index in [4.69, 9.17) is 4.74 Å². The van der Waals surface area contributed by atoms with Gasteiger partial charge in [-0.05, 0) is 11.4 Å². The molecule has 6 nitrogen and oxygen atoms in total. The number of hydrogen-bond donors (Lipinski definition) is 1. The van der Waals surface area contributed by atoms with Gasteiger partial charge >= 0.3 is 5.97 Å². The second kappa shape index (κ2) is 6.03. The van der Waals surface area contributed by atoms with Gasteiger partial charge in [-0.1, -0.05) is 36.4 Å². The largest absolute Gasteiger partial charge is 0.464 e. The molecule has 0 saturated carbocycles. The third kappa shape index (κ3) is 2.10. The molecule has 2 aromatic rings. The smallest absolute Gasteiger partial charge is 0.373 e. The van der Waals surface area contributed by atoms with Gasteiger partial charge in [0.05, 0.1) is 12.0 Å². The highest BCUT2D eigenvalue weighted by Gasteiger charge is 2.73. The lowest BCUT2D eigenvalue weighted by molar-refractivity contribution is -0.741. The Kier molecular flexibility index (Phi) is 3.93. The highest BCUT2D eigenvalue weighted by atomic mass is 32.1. The lowest BCUT2D eigenvalue weighted by Crippen LogP contribution is -2.96. The van der Waals surface area contributed by atoms with Crippen molar-refractivity contribution in [2.45, 2.75) is 11.6 Å². The molecule has 7 heteroatoms. The molecular formula is C19H19N2O4S+. The fraction of sp³-hybridized carbons (Fsp3) is 0.316. The van der Waals surface area contributed by atoms with Crippen LogP contribution >= 0.6 is 11.3 Å². The molecule has 3 heterocycles. The lowest BCUT2D eigenvalue weighted by Gasteiger charge is -2.28. The molecule has 2 N–H and O–H groups in total. The molecule has 2 amide bonds. The van der Waals surface area contributed by atoms with Crippen molar-refractivity contribution in [3.05, 3.63) is 58.3 Å². The number of imide groups is 1. The number of nitrogens with zero attached hydrogens (tertiary/aromatic N) is 1. The van der Waals surface area contributed by atoms with Crippen LogP contribution in [0, 0.1) is 11.8 Å². The van der Waals surface area contributed by atoms with Gasteiger partial charge in [0.2, 0.25) is 17.4 Å². The van der Waals surface area contributed by atoms with E-state index in [1.807, 2.05) is 53.2 Å². The van der Waals surface area contributed by atoms with Crippen LogP contribution in [0.5, 0.6) is 0 Å². The Bertz CT molecular complexity index is 867. The number of carbonyl (C=O) groups excluding carboxylic acids is 3. The van der Waals surface area contributed by atoms with Crippen LogP contribution in [-0.4, -0.2) is 36.8 Å². The number of benzene rings is 1. The van der Waals surface area contributed by atoms with Crippen molar-refractivity contribution >= 4 is 29.1 Å². The van der Waals surface area contributed by atoms with Crippen LogP contribution in [0.3, 0.4) is 0 Å². The van der Waals surface area contributed by atoms with Gasteiger partial charge in [-0.15, -0.1) is 11.3 Å². The number of fused-ring (bicyclic) bond motifs is 1. The average Bonchev–Trinajstić information content (AvgIpc) is 3.36. The molecule has 2 fully saturated rings. The topological polar surface area (TPSA) is 80.3 Å². The summed E-state index contributed by atoms with van der Waals surface area (Å²) in [5, 5.41) is 3.79. The van der Waals surface area contributed by atoms with Gasteiger partial charge in [0.15, 0.2) is 0 Å². The van der Waals surface area contributed by atoms with Crippen molar-refractivity contribution in [1.82, 2.24) is 4.90 Å². The van der Waals surface area contributed by atoms with Gasteiger partial charge in [-0.25, -0.2) is 4.79 Å². The van der Waals surface area contributed by atoms with E-state index in [1.54, 1.807) is 0 Å². The van der Waals surface area contributed by atoms with E-state index in [0.29, 0.717) is 5.56 Å². The Morgan fingerprint density at radius 3 is 2.50 bits per heavy atom. The number of amides is 2. The fourth-order valence-electron chi connectivity index (χ4n) is 4.38. The molecule has 0 spiro atoms. The fourth-order valence-corrected chi connectivity index (χ4v) is 5.22. The minimum absolute atomic E-state index is 0.239. The van der Waals surface area contributed by atoms with Crippen LogP contribution in [0.2, 0.25) is 0 Å². The quantitative estimate of drug-likeness (QED) is 0.635. The van der Waals surface area contributed by atoms with E-state index in [2.05, 4.69) is 0 Å². The standard InChI is InChI=1S/C19H18N2O4S/c1-21-16(22)13-14(17(21)23)19(18(24)25-2,11-7-4-3-5-8-11)20-15(13)12-9-6-10-26-12/h3-10,13-15,20H,1-2H3/p+1/t13-,14+,15+,19-/m1/s1. The number of hydrogen-bond acceptors (Lipinski definition) is 5. The van der Waals surface area contributed by atoms with Crippen LogP contribution in [0.15, 0.2) is 47.8 Å². The van der Waals surface area contributed by atoms with E-state index < -0.39 is 23.3 Å². The molecule has 2 saturated heterocycles. The summed E-state index contributed by atoms with van der Waals surface area (Å²) in [7, 11) is 2.81. The first-order valence-corrected chi connectivity index (χ1v) is 9.25. The number of methoxy groups -OCH3 is 1. The first-order chi connectivity index (χ1) is 12.5. The molecule has 2 aliphatic heterocycles. The van der Waals surface area contributed by atoms with Crippen molar-refractivity contribution < 1.29 is 24.4 Å². The monoisotopic (exact) mass is 371 g/mol. The molecule has 4 atom stereocenters. The maximum atomic E-state index is 13.0. The molecule has 0 radical (unpaired) electrons. The molecule has 0 unspecified atom stereocenters. The lowest BCUT2D eigenvalue weighted by atomic mass is 9.75. The summed E-state index contributed by atoms with van der Waals surface area (Å²) >= 11 is 1.52. The Hall–Kier alpha value is -2.51. The van der Waals surface area contributed by atoms with Gasteiger partial charge in [-0.3, -0.25) is 14.5 Å². The molecule has 0 bridgehead atoms. The first-order valence-electron chi connectivity index (χ1n) is 8.37. The van der Waals surface area contributed by atoms with Crippen LogP contribution in [0.25, 0.3) is 0 Å². The second-order valence-electron chi connectivity index (χ2n) is 6.67. The summed E-state index contributed by atoms with van der Waals surface area (Å²) in [5.41, 5.74) is -0.593. The second-order valence-corrected chi connectivity index (χ2v) is 7.65. The summed E-state index contributed by atoms with van der Waals surface area (Å²) in [4.78, 5) is 41.0. The summed E-state index contributed by atoms with van der Waals surface area (Å²) in [5.74, 6) is -2.46. The van der Waals surface area contributed by atoms with E-state index in [0.717, 1.165) is 9.78 Å². The summed E-state index contributed by atoms with van der Waals surface area (Å²) in [6.45, 7) is 0. The van der Waals surface area contributed by atoms with Crippen molar-refractivity contribution in [1.29, 1.82) is 0 Å².